The topological polar surface area (TPSA) is 86.3 Å². The number of benzene rings is 3. The van der Waals surface area contributed by atoms with Crippen LogP contribution in [0, 0.1) is 13.8 Å². The van der Waals surface area contributed by atoms with Gasteiger partial charge in [-0.15, -0.1) is 0 Å². The summed E-state index contributed by atoms with van der Waals surface area (Å²) in [4.78, 5) is 25.4. The van der Waals surface area contributed by atoms with Crippen LogP contribution in [-0.4, -0.2) is 39.2 Å². The molecule has 1 aliphatic heterocycles. The molecule has 36 heavy (non-hydrogen) atoms. The van der Waals surface area contributed by atoms with Crippen molar-refractivity contribution in [1.82, 2.24) is 5.43 Å². The van der Waals surface area contributed by atoms with Gasteiger partial charge in [-0.3, -0.25) is 15.0 Å². The Labute approximate surface area is 210 Å². The molecule has 0 aromatic heterocycles. The summed E-state index contributed by atoms with van der Waals surface area (Å²) in [6.07, 6.45) is 1.50. The molecule has 2 amide bonds. The number of nitrogens with one attached hydrogen (secondary N) is 1. The highest BCUT2D eigenvalue weighted by Gasteiger charge is 2.34. The minimum absolute atomic E-state index is 0.00146. The van der Waals surface area contributed by atoms with Crippen molar-refractivity contribution in [3.05, 3.63) is 82.9 Å². The molecule has 4 rings (SSSR count). The van der Waals surface area contributed by atoms with Crippen molar-refractivity contribution in [2.24, 2.45) is 0 Å². The molecule has 0 spiro atoms. The Morgan fingerprint density at radius 3 is 2.14 bits per heavy atom. The molecule has 3 aromatic carbocycles. The summed E-state index contributed by atoms with van der Waals surface area (Å²) in [5.41, 5.74) is 6.07. The summed E-state index contributed by atoms with van der Waals surface area (Å²) in [6.45, 7) is 4.67. The van der Waals surface area contributed by atoms with Gasteiger partial charge in [-0.05, 0) is 73.0 Å². The maximum Gasteiger partial charge on any atom is 0.282 e. The van der Waals surface area contributed by atoms with E-state index in [1.807, 2.05) is 31.2 Å². The molecule has 3 aromatic rings. The van der Waals surface area contributed by atoms with Gasteiger partial charge in [-0.2, -0.15) is 0 Å². The number of rotatable bonds is 9. The van der Waals surface area contributed by atoms with Crippen molar-refractivity contribution in [1.29, 1.82) is 0 Å². The largest absolute Gasteiger partial charge is 0.493 e. The van der Waals surface area contributed by atoms with Crippen molar-refractivity contribution in [3.8, 4) is 23.0 Å². The van der Waals surface area contributed by atoms with Gasteiger partial charge in [0, 0.05) is 0 Å². The van der Waals surface area contributed by atoms with Crippen LogP contribution in [0.5, 0.6) is 23.0 Å². The average molecular weight is 489 g/mol. The van der Waals surface area contributed by atoms with Gasteiger partial charge in [0.25, 0.3) is 11.8 Å². The molecule has 186 valence electrons. The van der Waals surface area contributed by atoms with Gasteiger partial charge in [0.1, 0.15) is 24.5 Å². The fourth-order valence-electron chi connectivity index (χ4n) is 3.72. The lowest BCUT2D eigenvalue weighted by Gasteiger charge is -2.16. The Morgan fingerprint density at radius 2 is 1.50 bits per heavy atom. The normalized spacial score (nSPS) is 14.1. The second kappa shape index (κ2) is 10.9. The number of carbonyl (C=O) groups excluding carboxylic acids is 2. The molecule has 1 saturated heterocycles. The zero-order valence-electron chi connectivity index (χ0n) is 20.7. The van der Waals surface area contributed by atoms with Crippen molar-refractivity contribution in [3.63, 3.8) is 0 Å². The quantitative estimate of drug-likeness (QED) is 0.276. The van der Waals surface area contributed by atoms with Gasteiger partial charge in [-0.1, -0.05) is 24.3 Å². The van der Waals surface area contributed by atoms with Crippen LogP contribution < -0.4 is 29.4 Å². The number of nitrogens with zero attached hydrogens (tertiary/aromatic N) is 1. The second-order valence-electron chi connectivity index (χ2n) is 8.17. The first-order valence-corrected chi connectivity index (χ1v) is 11.4. The molecule has 8 heteroatoms. The number of carbonyl (C=O) groups is 2. The Morgan fingerprint density at radius 1 is 0.833 bits per heavy atom. The van der Waals surface area contributed by atoms with Crippen molar-refractivity contribution in [2.45, 2.75) is 13.8 Å². The van der Waals surface area contributed by atoms with E-state index < -0.39 is 11.8 Å². The van der Waals surface area contributed by atoms with E-state index in [4.69, 9.17) is 18.9 Å². The lowest BCUT2D eigenvalue weighted by molar-refractivity contribution is -0.117. The Kier molecular flexibility index (Phi) is 7.44. The zero-order valence-corrected chi connectivity index (χ0v) is 20.7. The number of para-hydroxylation sites is 1. The van der Waals surface area contributed by atoms with Gasteiger partial charge in [0.05, 0.1) is 19.9 Å². The van der Waals surface area contributed by atoms with Crippen LogP contribution in [0.25, 0.3) is 6.08 Å². The third kappa shape index (κ3) is 5.27. The van der Waals surface area contributed by atoms with Crippen LogP contribution in [-0.2, 0) is 9.59 Å². The number of aryl methyl sites for hydroxylation is 2. The van der Waals surface area contributed by atoms with E-state index in [2.05, 4.69) is 12.3 Å². The van der Waals surface area contributed by atoms with Crippen molar-refractivity contribution < 1.29 is 28.5 Å². The van der Waals surface area contributed by atoms with Gasteiger partial charge < -0.3 is 18.9 Å². The molecule has 0 saturated carbocycles. The summed E-state index contributed by atoms with van der Waals surface area (Å²) >= 11 is 0. The van der Waals surface area contributed by atoms with E-state index in [9.17, 15) is 9.59 Å². The SMILES string of the molecule is COc1cc(/C=C2\C(=O)NN(c3ccccc3)C2=O)cc(OC)c1OCCOc1ccc(C)c(C)c1. The molecule has 1 N–H and O–H groups in total. The molecular weight excluding hydrogens is 460 g/mol. The van der Waals surface area contributed by atoms with Crippen LogP contribution in [0.15, 0.2) is 66.2 Å². The zero-order chi connectivity index (χ0) is 25.7. The van der Waals surface area contributed by atoms with Crippen LogP contribution >= 0.6 is 0 Å². The minimum atomic E-state index is -0.495. The summed E-state index contributed by atoms with van der Waals surface area (Å²) in [6, 6.07) is 18.2. The first-order valence-electron chi connectivity index (χ1n) is 11.4. The maximum atomic E-state index is 12.9. The van der Waals surface area contributed by atoms with Crippen LogP contribution in [0.3, 0.4) is 0 Å². The fraction of sp³-hybridized carbons (Fsp3) is 0.214. The Balaban J connectivity index is 1.50. The summed E-state index contributed by atoms with van der Waals surface area (Å²) in [7, 11) is 3.02. The van der Waals surface area contributed by atoms with Gasteiger partial charge >= 0.3 is 0 Å². The second-order valence-corrected chi connectivity index (χ2v) is 8.17. The molecule has 1 heterocycles. The lowest BCUT2D eigenvalue weighted by atomic mass is 10.1. The molecule has 1 fully saturated rings. The third-order valence-electron chi connectivity index (χ3n) is 5.78. The molecule has 8 nitrogen and oxygen atoms in total. The molecule has 0 bridgehead atoms. The predicted molar refractivity (Wildman–Crippen MR) is 136 cm³/mol. The molecular formula is C28H28N2O6. The van der Waals surface area contributed by atoms with Gasteiger partial charge in [0.15, 0.2) is 11.5 Å². The first-order chi connectivity index (χ1) is 17.4. The van der Waals surface area contributed by atoms with Crippen LogP contribution in [0.1, 0.15) is 16.7 Å². The predicted octanol–water partition coefficient (Wildman–Crippen LogP) is 4.24. The third-order valence-corrected chi connectivity index (χ3v) is 5.78. The van der Waals surface area contributed by atoms with Crippen LogP contribution in [0.2, 0.25) is 0 Å². The average Bonchev–Trinajstić information content (AvgIpc) is 3.17. The Bertz CT molecular complexity index is 1280. The maximum absolute atomic E-state index is 12.9. The molecule has 0 radical (unpaired) electrons. The summed E-state index contributed by atoms with van der Waals surface area (Å²) in [5, 5.41) is 1.22. The smallest absolute Gasteiger partial charge is 0.282 e. The minimum Gasteiger partial charge on any atom is -0.493 e. The number of ether oxygens (including phenoxy) is 4. The van der Waals surface area contributed by atoms with E-state index in [1.165, 1.54) is 30.9 Å². The summed E-state index contributed by atoms with van der Waals surface area (Å²) in [5.74, 6) is 1.03. The number of hydrogen-bond donors (Lipinski definition) is 1. The number of methoxy groups -OCH3 is 2. The van der Waals surface area contributed by atoms with Crippen LogP contribution in [0.4, 0.5) is 5.69 Å². The van der Waals surface area contributed by atoms with E-state index in [1.54, 1.807) is 36.4 Å². The van der Waals surface area contributed by atoms with Crippen molar-refractivity contribution in [2.75, 3.05) is 32.4 Å². The van der Waals surface area contributed by atoms with E-state index in [-0.39, 0.29) is 12.2 Å². The standard InChI is InChI=1S/C28H28N2O6/c1-18-10-11-22(14-19(18)2)35-12-13-36-26-24(33-3)16-20(17-25(26)34-4)15-23-27(31)29-30(28(23)32)21-8-6-5-7-9-21/h5-11,14-17H,12-13H2,1-4H3,(H,29,31)/b23-15+. The van der Waals surface area contributed by atoms with Crippen molar-refractivity contribution >= 4 is 23.6 Å². The molecule has 0 unspecified atom stereocenters. The van der Waals surface area contributed by atoms with Gasteiger partial charge in [-0.25, -0.2) is 5.01 Å². The highest BCUT2D eigenvalue weighted by Crippen LogP contribution is 2.39. The van der Waals surface area contributed by atoms with E-state index >= 15 is 0 Å². The number of amides is 2. The van der Waals surface area contributed by atoms with Gasteiger partial charge in [0.2, 0.25) is 5.75 Å². The monoisotopic (exact) mass is 488 g/mol. The fourth-order valence-corrected chi connectivity index (χ4v) is 3.72. The molecule has 1 aliphatic rings. The van der Waals surface area contributed by atoms with E-state index in [0.29, 0.717) is 35.1 Å². The molecule has 0 atom stereocenters. The number of anilines is 1. The Hall–Kier alpha value is -4.46. The molecule has 0 aliphatic carbocycles. The lowest BCUT2D eigenvalue weighted by Crippen LogP contribution is -2.35. The number of hydrazine groups is 1. The first kappa shape index (κ1) is 24.7. The summed E-state index contributed by atoms with van der Waals surface area (Å²) < 4.78 is 22.7. The van der Waals surface area contributed by atoms with E-state index in [0.717, 1.165) is 11.3 Å². The highest BCUT2D eigenvalue weighted by molar-refractivity contribution is 6.31. The highest BCUT2D eigenvalue weighted by atomic mass is 16.6. The number of hydrogen-bond acceptors (Lipinski definition) is 6.